The van der Waals surface area contributed by atoms with E-state index in [4.69, 9.17) is 70.9 Å². The summed E-state index contributed by atoms with van der Waals surface area (Å²) < 4.78 is 0. The van der Waals surface area contributed by atoms with Gasteiger partial charge in [0.05, 0.1) is 25.7 Å². The maximum absolute atomic E-state index is 10.3. The van der Waals surface area contributed by atoms with Crippen molar-refractivity contribution in [2.24, 2.45) is 0 Å². The average molecular weight is 583 g/mol. The van der Waals surface area contributed by atoms with Crippen LogP contribution in [0.4, 0.5) is 9.59 Å². The molecule has 0 saturated carbocycles. The summed E-state index contributed by atoms with van der Waals surface area (Å²) in [6, 6.07) is 0. The number of hydrogen-bond acceptors (Lipinski definition) is 14. The average Bonchev–Trinajstić information content (AvgIpc) is 2.50. The van der Waals surface area contributed by atoms with Crippen LogP contribution in [0.2, 0.25) is 0 Å². The van der Waals surface area contributed by atoms with Gasteiger partial charge in [0, 0.05) is 0 Å². The molecule has 36 heavy (non-hydrogen) atoms. The van der Waals surface area contributed by atoms with Crippen molar-refractivity contribution >= 4 is 48.1 Å². The van der Waals surface area contributed by atoms with E-state index >= 15 is 0 Å². The minimum absolute atomic E-state index is 0. The molecule has 0 rings (SSSR count). The van der Waals surface area contributed by atoms with Crippen molar-refractivity contribution < 1.29 is 146 Å². The van der Waals surface area contributed by atoms with Crippen LogP contribution in [0.1, 0.15) is 25.7 Å². The molecule has 0 aliphatic rings. The number of carboxylic acids is 6. The molecule has 0 aliphatic heterocycles. The molecular formula is C14H16FeNaO20. The van der Waals surface area contributed by atoms with Crippen LogP contribution < -0.4 is 50.0 Å². The first-order valence-electron chi connectivity index (χ1n) is 7.57. The standard InChI is InChI=1S/2C6H8O7.2CH2O3.Fe.Na/c2*7-3(8)1-6(13,5(11)12)2-4(9)10;2*2-1(3)4;;/h2*13H,1-2H2,(H,7,8)(H,9,10)(H,11,12);2*(H2,2,3,4);;/q;;;;+3;+1/p-4. The van der Waals surface area contributed by atoms with Gasteiger partial charge in [0.15, 0.2) is 11.2 Å². The molecule has 0 aliphatic carbocycles. The predicted octanol–water partition coefficient (Wildman–Crippen LogP) is -10.4. The van der Waals surface area contributed by atoms with Crippen molar-refractivity contribution in [3.05, 3.63) is 0 Å². The van der Waals surface area contributed by atoms with Crippen LogP contribution in [-0.2, 0) is 45.8 Å². The number of carboxylic acid groups (broad SMARTS) is 10. The first-order chi connectivity index (χ1) is 15.0. The molecule has 1 radical (unpaired) electrons. The summed E-state index contributed by atoms with van der Waals surface area (Å²) in [5.41, 5.74) is -5.48. The Bertz CT molecular complexity index is 674. The van der Waals surface area contributed by atoms with Crippen molar-refractivity contribution in [1.82, 2.24) is 0 Å². The number of aliphatic carboxylic acids is 6. The molecule has 0 saturated heterocycles. The summed E-state index contributed by atoms with van der Waals surface area (Å²) in [4.78, 5) is 77.6. The molecule has 0 aromatic carbocycles. The Morgan fingerprint density at radius 3 is 0.639 bits per heavy atom. The van der Waals surface area contributed by atoms with Crippen molar-refractivity contribution in [3.63, 3.8) is 0 Å². The summed E-state index contributed by atoms with van der Waals surface area (Å²) in [5, 5.41) is 101. The summed E-state index contributed by atoms with van der Waals surface area (Å²) in [6.07, 6.45) is -9.24. The fraction of sp³-hybridized carbons (Fsp3) is 0.429. The summed E-state index contributed by atoms with van der Waals surface area (Å²) >= 11 is 0. The van der Waals surface area contributed by atoms with E-state index in [1.54, 1.807) is 0 Å². The Labute approximate surface area is 230 Å². The van der Waals surface area contributed by atoms with Crippen molar-refractivity contribution in [2.45, 2.75) is 36.9 Å². The molecule has 0 aromatic heterocycles. The topological polar surface area (TPSA) is 391 Å². The van der Waals surface area contributed by atoms with Gasteiger partial charge in [0.1, 0.15) is 0 Å². The van der Waals surface area contributed by atoms with Gasteiger partial charge in [0.2, 0.25) is 0 Å². The van der Waals surface area contributed by atoms with E-state index < -0.39 is 85.0 Å². The number of carbonyl (C=O) groups is 8. The van der Waals surface area contributed by atoms with Gasteiger partial charge in [-0.3, -0.25) is 19.2 Å². The van der Waals surface area contributed by atoms with E-state index in [1.165, 1.54) is 0 Å². The van der Waals surface area contributed by atoms with Gasteiger partial charge in [-0.15, -0.1) is 0 Å². The quantitative estimate of drug-likeness (QED) is 0.111. The SMILES string of the molecule is O=C(O)CC(O)(CC(=O)O)C(=O)O.O=C(O)CC(O)(CC(=O)O)C(=O)O.O=C([O-])[O-].O=C([O-])[O-].[Fe+3].[Na+]. The van der Waals surface area contributed by atoms with Crippen molar-refractivity contribution in [3.8, 4) is 0 Å². The number of carbonyl (C=O) groups excluding carboxylic acids is 2. The maximum atomic E-state index is 10.3. The van der Waals surface area contributed by atoms with Gasteiger partial charge in [-0.05, 0) is 12.3 Å². The molecule has 0 fully saturated rings. The van der Waals surface area contributed by atoms with Crippen molar-refractivity contribution in [2.75, 3.05) is 0 Å². The second-order valence-corrected chi connectivity index (χ2v) is 5.46. The second kappa shape index (κ2) is 22.3. The summed E-state index contributed by atoms with van der Waals surface area (Å²) in [5.74, 6) is -10.0. The fourth-order valence-electron chi connectivity index (χ4n) is 1.43. The van der Waals surface area contributed by atoms with Crippen LogP contribution in [0.3, 0.4) is 0 Å². The fourth-order valence-corrected chi connectivity index (χ4v) is 1.43. The zero-order chi connectivity index (χ0) is 28.4. The predicted molar refractivity (Wildman–Crippen MR) is 85.0 cm³/mol. The first-order valence-corrected chi connectivity index (χ1v) is 7.57. The van der Waals surface area contributed by atoms with Crippen LogP contribution in [0.15, 0.2) is 0 Å². The molecule has 0 amide bonds. The smallest absolute Gasteiger partial charge is 0.652 e. The van der Waals surface area contributed by atoms with E-state index in [1.807, 2.05) is 0 Å². The Balaban J connectivity index is -0.0000000923. The van der Waals surface area contributed by atoms with Crippen LogP contribution in [0, 0.1) is 0 Å². The van der Waals surface area contributed by atoms with Gasteiger partial charge >= 0.3 is 82.4 Å². The third-order valence-electron chi connectivity index (χ3n) is 2.57. The van der Waals surface area contributed by atoms with Crippen LogP contribution in [0.5, 0.6) is 0 Å². The summed E-state index contributed by atoms with van der Waals surface area (Å²) in [7, 11) is 0. The van der Waals surface area contributed by atoms with Crippen LogP contribution >= 0.6 is 0 Å². The van der Waals surface area contributed by atoms with Crippen LogP contribution in [-0.4, -0.2) is 100 Å². The molecule has 0 aromatic rings. The Hall–Kier alpha value is -3.20. The minimum atomic E-state index is -2.74. The van der Waals surface area contributed by atoms with Gasteiger partial charge in [-0.25, -0.2) is 9.59 Å². The van der Waals surface area contributed by atoms with Gasteiger partial charge < -0.3 is 70.9 Å². The van der Waals surface area contributed by atoms with E-state index in [-0.39, 0.29) is 46.6 Å². The maximum Gasteiger partial charge on any atom is 3.00 e. The third-order valence-corrected chi connectivity index (χ3v) is 2.57. The largest absolute Gasteiger partial charge is 3.00 e. The van der Waals surface area contributed by atoms with Gasteiger partial charge in [0.25, 0.3) is 0 Å². The number of hydrogen-bond donors (Lipinski definition) is 8. The van der Waals surface area contributed by atoms with Crippen LogP contribution in [0.25, 0.3) is 0 Å². The van der Waals surface area contributed by atoms with E-state index in [9.17, 15) is 28.8 Å². The molecule has 0 spiro atoms. The number of aliphatic hydroxyl groups is 2. The Morgan fingerprint density at radius 2 is 0.583 bits per heavy atom. The minimum Gasteiger partial charge on any atom is -0.652 e. The normalized spacial score (nSPS) is 9.17. The van der Waals surface area contributed by atoms with E-state index in [2.05, 4.69) is 0 Å². The molecule has 0 bridgehead atoms. The van der Waals surface area contributed by atoms with E-state index in [0.29, 0.717) is 0 Å². The Morgan fingerprint density at radius 1 is 0.472 bits per heavy atom. The first kappa shape index (κ1) is 46.2. The molecule has 0 atom stereocenters. The zero-order valence-electron chi connectivity index (χ0n) is 17.7. The number of rotatable bonds is 10. The molecule has 22 heteroatoms. The molecule has 0 heterocycles. The monoisotopic (exact) mass is 583 g/mol. The second-order valence-electron chi connectivity index (χ2n) is 5.46. The zero-order valence-corrected chi connectivity index (χ0v) is 20.8. The molecule has 8 N–H and O–H groups in total. The molecule has 20 nitrogen and oxygen atoms in total. The molecule has 0 unspecified atom stereocenters. The van der Waals surface area contributed by atoms with Gasteiger partial charge in [-0.1, -0.05) is 0 Å². The van der Waals surface area contributed by atoms with Crippen molar-refractivity contribution in [1.29, 1.82) is 0 Å². The molecule has 201 valence electrons. The summed E-state index contributed by atoms with van der Waals surface area (Å²) in [6.45, 7) is 0. The Kier molecular flexibility index (Phi) is 28.6. The molecular weight excluding hydrogens is 567 g/mol. The third kappa shape index (κ3) is 33.0. The van der Waals surface area contributed by atoms with E-state index in [0.717, 1.165) is 0 Å². The van der Waals surface area contributed by atoms with Gasteiger partial charge in [-0.2, -0.15) is 0 Å².